The summed E-state index contributed by atoms with van der Waals surface area (Å²) in [7, 11) is 2.96. The normalized spacial score (nSPS) is 11.8. The number of carbonyl (C=O) groups excluding carboxylic acids is 1. The number of carbonyl (C=O) groups is 1. The Labute approximate surface area is 116 Å². The third kappa shape index (κ3) is 3.00. The van der Waals surface area contributed by atoms with E-state index in [1.165, 1.54) is 14.2 Å². The molecule has 0 spiro atoms. The summed E-state index contributed by atoms with van der Waals surface area (Å²) in [6.45, 7) is 1.96. The first-order valence-corrected chi connectivity index (χ1v) is 6.09. The molecule has 1 rings (SSSR count). The highest BCUT2D eigenvalue weighted by Crippen LogP contribution is 2.41. The lowest BCUT2D eigenvalue weighted by atomic mass is 10.1. The maximum Gasteiger partial charge on any atom is 0.328 e. The number of hydrogen-bond acceptors (Lipinski definition) is 4. The number of hydrogen-bond donors (Lipinski definition) is 0. The molecule has 1 aromatic carbocycles. The van der Waals surface area contributed by atoms with Gasteiger partial charge >= 0.3 is 5.97 Å². The van der Waals surface area contributed by atoms with E-state index >= 15 is 0 Å². The molecule has 6 heteroatoms. The predicted octanol–water partition coefficient (Wildman–Crippen LogP) is 3.20. The molecule has 0 bridgehead atoms. The first-order chi connectivity index (χ1) is 8.56. The van der Waals surface area contributed by atoms with Crippen molar-refractivity contribution in [1.82, 2.24) is 0 Å². The Bertz CT molecular complexity index is 434. The van der Waals surface area contributed by atoms with Gasteiger partial charge in [-0.3, -0.25) is 4.79 Å². The first kappa shape index (κ1) is 14.9. The molecule has 0 saturated carbocycles. The van der Waals surface area contributed by atoms with Crippen molar-refractivity contribution >= 4 is 29.2 Å². The van der Waals surface area contributed by atoms with Crippen LogP contribution in [0.5, 0.6) is 11.5 Å². The summed E-state index contributed by atoms with van der Waals surface area (Å²) in [5.74, 6) is 0.263. The fraction of sp³-hybridized carbons (Fsp3) is 0.417. The summed E-state index contributed by atoms with van der Waals surface area (Å²) in [5.41, 5.74) is 0.425. The lowest BCUT2D eigenvalue weighted by Gasteiger charge is -2.15. The zero-order chi connectivity index (χ0) is 13.7. The van der Waals surface area contributed by atoms with Crippen molar-refractivity contribution in [3.63, 3.8) is 0 Å². The number of benzene rings is 1. The minimum atomic E-state index is -0.975. The van der Waals surface area contributed by atoms with Gasteiger partial charge in [0, 0.05) is 5.56 Å². The van der Waals surface area contributed by atoms with Gasteiger partial charge in [0.15, 0.2) is 16.9 Å². The zero-order valence-electron chi connectivity index (χ0n) is 10.3. The Morgan fingerprint density at radius 1 is 1.33 bits per heavy atom. The number of alkyl halides is 1. The molecule has 0 amide bonds. The van der Waals surface area contributed by atoms with E-state index in [2.05, 4.69) is 0 Å². The van der Waals surface area contributed by atoms with Crippen molar-refractivity contribution in [2.24, 2.45) is 0 Å². The van der Waals surface area contributed by atoms with Gasteiger partial charge in [-0.15, -0.1) is 11.6 Å². The van der Waals surface area contributed by atoms with Gasteiger partial charge < -0.3 is 14.2 Å². The van der Waals surface area contributed by atoms with E-state index in [1.807, 2.05) is 0 Å². The highest BCUT2D eigenvalue weighted by Gasteiger charge is 2.25. The van der Waals surface area contributed by atoms with Crippen LogP contribution in [0.1, 0.15) is 17.9 Å². The molecule has 0 N–H and O–H groups in total. The fourth-order valence-electron chi connectivity index (χ4n) is 1.44. The molecule has 0 radical (unpaired) electrons. The maximum absolute atomic E-state index is 11.6. The molecule has 0 heterocycles. The maximum atomic E-state index is 11.6. The van der Waals surface area contributed by atoms with Crippen molar-refractivity contribution < 1.29 is 19.0 Å². The molecule has 0 fully saturated rings. The molecule has 100 valence electrons. The Balaban J connectivity index is 3.14. The second-order valence-electron chi connectivity index (χ2n) is 3.32. The van der Waals surface area contributed by atoms with Crippen molar-refractivity contribution in [2.45, 2.75) is 12.3 Å². The summed E-state index contributed by atoms with van der Waals surface area (Å²) >= 11 is 12.1. The molecule has 4 nitrogen and oxygen atoms in total. The average molecular weight is 293 g/mol. The van der Waals surface area contributed by atoms with Crippen LogP contribution >= 0.6 is 23.2 Å². The van der Waals surface area contributed by atoms with Crippen molar-refractivity contribution in [3.8, 4) is 11.5 Å². The van der Waals surface area contributed by atoms with E-state index in [0.29, 0.717) is 17.1 Å². The third-order valence-electron chi connectivity index (χ3n) is 2.28. The van der Waals surface area contributed by atoms with Gasteiger partial charge in [0.05, 0.1) is 25.8 Å². The highest BCUT2D eigenvalue weighted by atomic mass is 35.5. The second kappa shape index (κ2) is 6.71. The Hall–Kier alpha value is -1.13. The number of rotatable bonds is 5. The van der Waals surface area contributed by atoms with Crippen molar-refractivity contribution in [2.75, 3.05) is 20.8 Å². The van der Waals surface area contributed by atoms with Gasteiger partial charge in [-0.05, 0) is 13.0 Å². The molecular formula is C12H14Cl2O4. The van der Waals surface area contributed by atoms with Gasteiger partial charge in [-0.2, -0.15) is 0 Å². The predicted molar refractivity (Wildman–Crippen MR) is 69.8 cm³/mol. The minimum absolute atomic E-state index is 0.241. The highest BCUT2D eigenvalue weighted by molar-refractivity contribution is 6.36. The molecule has 18 heavy (non-hydrogen) atoms. The van der Waals surface area contributed by atoms with E-state index < -0.39 is 11.3 Å². The monoisotopic (exact) mass is 292 g/mol. The summed E-state index contributed by atoms with van der Waals surface area (Å²) < 4.78 is 15.1. The summed E-state index contributed by atoms with van der Waals surface area (Å²) in [4.78, 5) is 11.6. The van der Waals surface area contributed by atoms with Gasteiger partial charge in [0.1, 0.15) is 0 Å². The molecule has 0 aromatic heterocycles. The summed E-state index contributed by atoms with van der Waals surface area (Å²) in [6, 6.07) is 3.24. The number of halogens is 2. The SMILES string of the molecule is CCOC(=O)C(Cl)c1ccc(OC)c(OC)c1Cl. The van der Waals surface area contributed by atoms with Crippen LogP contribution in [0, 0.1) is 0 Å². The van der Waals surface area contributed by atoms with Crippen LogP contribution in [0.4, 0.5) is 0 Å². The third-order valence-corrected chi connectivity index (χ3v) is 3.08. The van der Waals surface area contributed by atoms with E-state index in [-0.39, 0.29) is 11.6 Å². The van der Waals surface area contributed by atoms with Crippen LogP contribution in [-0.4, -0.2) is 26.8 Å². The van der Waals surface area contributed by atoms with Crippen LogP contribution in [0.15, 0.2) is 12.1 Å². The van der Waals surface area contributed by atoms with E-state index in [4.69, 9.17) is 37.4 Å². The summed E-state index contributed by atoms with van der Waals surface area (Å²) in [6.07, 6.45) is 0. The smallest absolute Gasteiger partial charge is 0.328 e. The topological polar surface area (TPSA) is 44.8 Å². The van der Waals surface area contributed by atoms with Crippen LogP contribution < -0.4 is 9.47 Å². The van der Waals surface area contributed by atoms with Crippen LogP contribution in [-0.2, 0) is 9.53 Å². The van der Waals surface area contributed by atoms with E-state index in [1.54, 1.807) is 19.1 Å². The average Bonchev–Trinajstić information content (AvgIpc) is 2.37. The molecule has 0 aliphatic heterocycles. The van der Waals surface area contributed by atoms with Gasteiger partial charge in [-0.1, -0.05) is 17.7 Å². The Morgan fingerprint density at radius 2 is 2.00 bits per heavy atom. The molecule has 1 unspecified atom stereocenters. The molecule has 1 atom stereocenters. The van der Waals surface area contributed by atoms with E-state index in [9.17, 15) is 4.79 Å². The van der Waals surface area contributed by atoms with Gasteiger partial charge in [-0.25, -0.2) is 0 Å². The van der Waals surface area contributed by atoms with Crippen molar-refractivity contribution in [3.05, 3.63) is 22.7 Å². The molecule has 1 aromatic rings. The lowest BCUT2D eigenvalue weighted by molar-refractivity contribution is -0.142. The van der Waals surface area contributed by atoms with Crippen LogP contribution in [0.25, 0.3) is 0 Å². The second-order valence-corrected chi connectivity index (χ2v) is 4.13. The molecule has 0 aliphatic rings. The van der Waals surface area contributed by atoms with Crippen LogP contribution in [0.3, 0.4) is 0 Å². The summed E-state index contributed by atoms with van der Waals surface area (Å²) in [5, 5.41) is -0.734. The Kier molecular flexibility index (Phi) is 5.56. The molecule has 0 aliphatic carbocycles. The van der Waals surface area contributed by atoms with Gasteiger partial charge in [0.25, 0.3) is 0 Å². The number of methoxy groups -OCH3 is 2. The number of esters is 1. The standard InChI is InChI=1S/C12H14Cl2O4/c1-4-18-12(15)10(14)7-5-6-8(16-2)11(17-3)9(7)13/h5-6,10H,4H2,1-3H3. The fourth-order valence-corrected chi connectivity index (χ4v) is 2.09. The zero-order valence-corrected chi connectivity index (χ0v) is 11.8. The molecular weight excluding hydrogens is 279 g/mol. The Morgan fingerprint density at radius 3 is 2.50 bits per heavy atom. The van der Waals surface area contributed by atoms with E-state index in [0.717, 1.165) is 0 Å². The lowest BCUT2D eigenvalue weighted by Crippen LogP contribution is -2.12. The van der Waals surface area contributed by atoms with Crippen LogP contribution in [0.2, 0.25) is 5.02 Å². The first-order valence-electron chi connectivity index (χ1n) is 5.27. The molecule has 0 saturated heterocycles. The largest absolute Gasteiger partial charge is 0.493 e. The number of ether oxygens (including phenoxy) is 3. The quantitative estimate of drug-likeness (QED) is 0.617. The minimum Gasteiger partial charge on any atom is -0.493 e. The van der Waals surface area contributed by atoms with Gasteiger partial charge in [0.2, 0.25) is 0 Å². The van der Waals surface area contributed by atoms with Crippen molar-refractivity contribution in [1.29, 1.82) is 0 Å².